The Kier molecular flexibility index (Phi) is 5.11. The molecule has 1 aliphatic heterocycles. The minimum Gasteiger partial charge on any atom is -0.298 e. The van der Waals surface area contributed by atoms with E-state index in [0.29, 0.717) is 6.04 Å². The van der Waals surface area contributed by atoms with Gasteiger partial charge in [-0.25, -0.2) is 5.84 Å². The van der Waals surface area contributed by atoms with Crippen LogP contribution in [0, 0.1) is 0 Å². The molecule has 1 saturated heterocycles. The van der Waals surface area contributed by atoms with E-state index in [1.54, 1.807) is 0 Å². The molecule has 1 amide bonds. The molecule has 5 heteroatoms. The number of nitrogens with zero attached hydrogens (tertiary/aromatic N) is 2. The number of nitrogens with one attached hydrogen (secondary N) is 1. The number of carbonyl (C=O) groups excluding carboxylic acids is 1. The molecule has 1 aliphatic rings. The number of hydrazine groups is 1. The Labute approximate surface area is 120 Å². The summed E-state index contributed by atoms with van der Waals surface area (Å²) < 4.78 is 0. The van der Waals surface area contributed by atoms with Gasteiger partial charge in [0.1, 0.15) is 6.04 Å². The van der Waals surface area contributed by atoms with Gasteiger partial charge in [-0.3, -0.25) is 20.0 Å². The second-order valence-corrected chi connectivity index (χ2v) is 5.49. The fourth-order valence-corrected chi connectivity index (χ4v) is 2.75. The number of amides is 1. The topological polar surface area (TPSA) is 61.6 Å². The Balaban J connectivity index is 2.11. The minimum atomic E-state index is -0.296. The molecule has 2 rings (SSSR count). The van der Waals surface area contributed by atoms with Crippen molar-refractivity contribution in [1.29, 1.82) is 0 Å². The van der Waals surface area contributed by atoms with Crippen LogP contribution in [0.3, 0.4) is 0 Å². The number of hydrogen-bond acceptors (Lipinski definition) is 4. The van der Waals surface area contributed by atoms with Gasteiger partial charge in [-0.2, -0.15) is 0 Å². The van der Waals surface area contributed by atoms with Gasteiger partial charge in [-0.05, 0) is 19.4 Å². The van der Waals surface area contributed by atoms with Gasteiger partial charge in [-0.1, -0.05) is 30.3 Å². The normalized spacial score (nSPS) is 19.0. The van der Waals surface area contributed by atoms with E-state index >= 15 is 0 Å². The van der Waals surface area contributed by atoms with Crippen LogP contribution in [0.2, 0.25) is 0 Å². The van der Waals surface area contributed by atoms with Crippen LogP contribution in [0.15, 0.2) is 30.3 Å². The molecule has 3 N–H and O–H groups in total. The molecule has 1 fully saturated rings. The molecular weight excluding hydrogens is 252 g/mol. The lowest BCUT2D eigenvalue weighted by molar-refractivity contribution is -0.127. The van der Waals surface area contributed by atoms with E-state index in [1.807, 2.05) is 30.3 Å². The summed E-state index contributed by atoms with van der Waals surface area (Å²) in [5, 5.41) is 0. The summed E-state index contributed by atoms with van der Waals surface area (Å²) in [5.74, 6) is 5.21. The first-order chi connectivity index (χ1) is 9.63. The molecule has 20 heavy (non-hydrogen) atoms. The van der Waals surface area contributed by atoms with Gasteiger partial charge in [0.25, 0.3) is 5.91 Å². The molecule has 1 aromatic carbocycles. The highest BCUT2D eigenvalue weighted by Gasteiger charge is 2.30. The maximum absolute atomic E-state index is 12.1. The van der Waals surface area contributed by atoms with Crippen LogP contribution in [0.25, 0.3) is 0 Å². The zero-order valence-corrected chi connectivity index (χ0v) is 12.2. The number of carbonyl (C=O) groups is 1. The van der Waals surface area contributed by atoms with Gasteiger partial charge in [0, 0.05) is 32.2 Å². The van der Waals surface area contributed by atoms with Crippen molar-refractivity contribution in [3.63, 3.8) is 0 Å². The molecule has 0 saturated carbocycles. The van der Waals surface area contributed by atoms with Crippen molar-refractivity contribution in [3.8, 4) is 0 Å². The minimum absolute atomic E-state index is 0.144. The van der Waals surface area contributed by atoms with E-state index < -0.39 is 0 Å². The summed E-state index contributed by atoms with van der Waals surface area (Å²) in [6, 6.07) is 10.1. The summed E-state index contributed by atoms with van der Waals surface area (Å²) >= 11 is 0. The fourth-order valence-electron chi connectivity index (χ4n) is 2.75. The summed E-state index contributed by atoms with van der Waals surface area (Å²) in [4.78, 5) is 16.8. The zero-order valence-electron chi connectivity index (χ0n) is 12.2. The Morgan fingerprint density at radius 1 is 1.10 bits per heavy atom. The number of hydrogen-bond donors (Lipinski definition) is 2. The Morgan fingerprint density at radius 3 is 2.15 bits per heavy atom. The fraction of sp³-hybridized carbons (Fsp3) is 0.533. The van der Waals surface area contributed by atoms with E-state index in [9.17, 15) is 4.79 Å². The Bertz CT molecular complexity index is 427. The van der Waals surface area contributed by atoms with E-state index in [2.05, 4.69) is 29.1 Å². The SMILES string of the molecule is CC(C)N1CCN(C(C(=O)NN)c2ccccc2)CC1. The third kappa shape index (κ3) is 3.36. The molecule has 0 aliphatic carbocycles. The third-order valence-electron chi connectivity index (χ3n) is 3.95. The number of nitrogens with two attached hydrogens (primary N) is 1. The highest BCUT2D eigenvalue weighted by molar-refractivity contribution is 5.82. The van der Waals surface area contributed by atoms with Crippen molar-refractivity contribution in [2.45, 2.75) is 25.9 Å². The lowest BCUT2D eigenvalue weighted by Gasteiger charge is -2.40. The monoisotopic (exact) mass is 276 g/mol. The summed E-state index contributed by atoms with van der Waals surface area (Å²) in [7, 11) is 0. The van der Waals surface area contributed by atoms with Gasteiger partial charge in [0.2, 0.25) is 0 Å². The van der Waals surface area contributed by atoms with Crippen LogP contribution in [0.1, 0.15) is 25.5 Å². The van der Waals surface area contributed by atoms with Gasteiger partial charge in [-0.15, -0.1) is 0 Å². The molecular formula is C15H24N4O. The molecule has 110 valence electrons. The summed E-state index contributed by atoms with van der Waals surface area (Å²) in [6.07, 6.45) is 0. The lowest BCUT2D eigenvalue weighted by atomic mass is 10.0. The second-order valence-electron chi connectivity index (χ2n) is 5.49. The molecule has 0 radical (unpaired) electrons. The highest BCUT2D eigenvalue weighted by atomic mass is 16.2. The molecule has 1 heterocycles. The molecule has 0 bridgehead atoms. The molecule has 1 aromatic rings. The van der Waals surface area contributed by atoms with Crippen molar-refractivity contribution in [3.05, 3.63) is 35.9 Å². The van der Waals surface area contributed by atoms with Gasteiger partial charge in [0.15, 0.2) is 0 Å². The Morgan fingerprint density at radius 2 is 1.65 bits per heavy atom. The van der Waals surface area contributed by atoms with E-state index in [-0.39, 0.29) is 11.9 Å². The predicted molar refractivity (Wildman–Crippen MR) is 79.8 cm³/mol. The van der Waals surface area contributed by atoms with E-state index in [0.717, 1.165) is 31.7 Å². The predicted octanol–water partition coefficient (Wildman–Crippen LogP) is 0.744. The summed E-state index contributed by atoms with van der Waals surface area (Å²) in [5.41, 5.74) is 3.29. The van der Waals surface area contributed by atoms with Crippen LogP contribution < -0.4 is 11.3 Å². The first-order valence-electron chi connectivity index (χ1n) is 7.17. The van der Waals surface area contributed by atoms with Crippen molar-refractivity contribution in [2.24, 2.45) is 5.84 Å². The standard InChI is InChI=1S/C15H24N4O/c1-12(2)18-8-10-19(11-9-18)14(15(20)17-16)13-6-4-3-5-7-13/h3-7,12,14H,8-11,16H2,1-2H3,(H,17,20). The maximum Gasteiger partial charge on any atom is 0.255 e. The molecule has 1 unspecified atom stereocenters. The second kappa shape index (κ2) is 6.83. The first kappa shape index (κ1) is 15.0. The maximum atomic E-state index is 12.1. The van der Waals surface area contributed by atoms with Gasteiger partial charge < -0.3 is 0 Å². The van der Waals surface area contributed by atoms with Crippen molar-refractivity contribution in [2.75, 3.05) is 26.2 Å². The quantitative estimate of drug-likeness (QED) is 0.484. The first-order valence-corrected chi connectivity index (χ1v) is 7.17. The van der Waals surface area contributed by atoms with Crippen LogP contribution in [0.5, 0.6) is 0 Å². The molecule has 5 nitrogen and oxygen atoms in total. The highest BCUT2D eigenvalue weighted by Crippen LogP contribution is 2.22. The average molecular weight is 276 g/mol. The van der Waals surface area contributed by atoms with Crippen molar-refractivity contribution < 1.29 is 4.79 Å². The number of rotatable bonds is 4. The smallest absolute Gasteiger partial charge is 0.255 e. The number of piperazine rings is 1. The summed E-state index contributed by atoms with van der Waals surface area (Å²) in [6.45, 7) is 8.14. The lowest BCUT2D eigenvalue weighted by Crippen LogP contribution is -2.53. The zero-order chi connectivity index (χ0) is 14.5. The van der Waals surface area contributed by atoms with E-state index in [4.69, 9.17) is 5.84 Å². The number of benzene rings is 1. The average Bonchev–Trinajstić information content (AvgIpc) is 2.49. The van der Waals surface area contributed by atoms with Crippen LogP contribution in [-0.4, -0.2) is 47.9 Å². The van der Waals surface area contributed by atoms with Gasteiger partial charge in [0.05, 0.1) is 0 Å². The largest absolute Gasteiger partial charge is 0.298 e. The van der Waals surface area contributed by atoms with Crippen LogP contribution in [-0.2, 0) is 4.79 Å². The van der Waals surface area contributed by atoms with Crippen LogP contribution >= 0.6 is 0 Å². The molecule has 1 atom stereocenters. The Hall–Kier alpha value is -1.43. The van der Waals surface area contributed by atoms with Gasteiger partial charge >= 0.3 is 0 Å². The molecule has 0 aromatic heterocycles. The van der Waals surface area contributed by atoms with E-state index in [1.165, 1.54) is 0 Å². The molecule has 0 spiro atoms. The third-order valence-corrected chi connectivity index (χ3v) is 3.95. The van der Waals surface area contributed by atoms with Crippen LogP contribution in [0.4, 0.5) is 0 Å². The van der Waals surface area contributed by atoms with Crippen molar-refractivity contribution >= 4 is 5.91 Å². The van der Waals surface area contributed by atoms with Crippen molar-refractivity contribution in [1.82, 2.24) is 15.2 Å².